The maximum Gasteiger partial charge on any atom is 0.201 e. The maximum absolute atomic E-state index is 12.0. The summed E-state index contributed by atoms with van der Waals surface area (Å²) in [6.45, 7) is 19.0. The van der Waals surface area contributed by atoms with E-state index in [1.165, 1.54) is 33.8 Å². The number of aromatic nitrogens is 2. The summed E-state index contributed by atoms with van der Waals surface area (Å²) < 4.78 is 1.56. The first-order valence-electron chi connectivity index (χ1n) is 18.4. The Bertz CT molecular complexity index is 2060. The third-order valence-corrected chi connectivity index (χ3v) is 9.72. The van der Waals surface area contributed by atoms with Gasteiger partial charge in [-0.3, -0.25) is 14.4 Å². The second kappa shape index (κ2) is 24.6. The lowest BCUT2D eigenvalue weighted by Crippen LogP contribution is -2.22. The van der Waals surface area contributed by atoms with Gasteiger partial charge in [0.1, 0.15) is 11.6 Å². The van der Waals surface area contributed by atoms with Crippen LogP contribution in [0.15, 0.2) is 93.1 Å². The number of aromatic amines is 2. The van der Waals surface area contributed by atoms with E-state index in [1.807, 2.05) is 81.8 Å². The fourth-order valence-electron chi connectivity index (χ4n) is 5.25. The van der Waals surface area contributed by atoms with Crippen LogP contribution in [0.4, 0.5) is 11.6 Å². The van der Waals surface area contributed by atoms with Crippen molar-refractivity contribution in [3.63, 3.8) is 0 Å². The Morgan fingerprint density at radius 3 is 1.68 bits per heavy atom. The number of nitrogens with two attached hydrogens (primary N) is 1. The van der Waals surface area contributed by atoms with Crippen LogP contribution in [0.25, 0.3) is 20.4 Å². The lowest BCUT2D eigenvalue weighted by atomic mass is 10.0. The largest absolute Gasteiger partial charge is 0.371 e. The smallest absolute Gasteiger partial charge is 0.201 e. The molecule has 2 aromatic carbocycles. The number of fused-ring (bicyclic) bond motifs is 2. The first-order chi connectivity index (χ1) is 25.7. The number of H-pyrrole nitrogens is 2. The van der Waals surface area contributed by atoms with Crippen molar-refractivity contribution < 1.29 is 4.79 Å². The van der Waals surface area contributed by atoms with Crippen molar-refractivity contribution in [2.75, 3.05) is 36.8 Å². The summed E-state index contributed by atoms with van der Waals surface area (Å²) in [4.78, 5) is 40.9. The zero-order chi connectivity index (χ0) is 39.2. The molecule has 0 bridgehead atoms. The average Bonchev–Trinajstić information content (AvgIpc) is 3.85. The summed E-state index contributed by atoms with van der Waals surface area (Å²) in [5, 5.41) is 13.8. The molecule has 1 unspecified atom stereocenters. The molecule has 0 saturated carbocycles. The SMILES string of the molecule is CC.CC.CC(=O)c1ccccc1C.Cc1ccccc1C(C)NCCCNc1cc(=O)c2sccc2[nH]1.NCCCNc1cc(=O)c2sccc2[nH]1. The van der Waals surface area contributed by atoms with Gasteiger partial charge in [-0.15, -0.1) is 22.7 Å². The van der Waals surface area contributed by atoms with E-state index in [0.29, 0.717) is 12.6 Å². The third kappa shape index (κ3) is 14.4. The number of thiophene rings is 2. The molecule has 1 atom stereocenters. The number of Topliss-reactive ketones (excluding diaryl/α,β-unsaturated/α-hetero) is 1. The van der Waals surface area contributed by atoms with Gasteiger partial charge in [0.15, 0.2) is 5.78 Å². The number of hydrogen-bond donors (Lipinski definition) is 6. The van der Waals surface area contributed by atoms with Crippen LogP contribution in [0.5, 0.6) is 0 Å². The van der Waals surface area contributed by atoms with Crippen molar-refractivity contribution >= 4 is 60.5 Å². The molecular formula is C42H58N6O3S2. The molecule has 6 rings (SSSR count). The molecule has 0 radical (unpaired) electrons. The highest BCUT2D eigenvalue weighted by atomic mass is 32.1. The summed E-state index contributed by atoms with van der Waals surface area (Å²) in [6, 6.07) is 23.5. The van der Waals surface area contributed by atoms with Crippen LogP contribution in [0.2, 0.25) is 0 Å². The molecule has 0 saturated heterocycles. The van der Waals surface area contributed by atoms with Crippen molar-refractivity contribution in [1.82, 2.24) is 15.3 Å². The highest BCUT2D eigenvalue weighted by Gasteiger charge is 2.07. The number of ketones is 1. The maximum atomic E-state index is 12.0. The molecule has 11 heteroatoms. The van der Waals surface area contributed by atoms with E-state index < -0.39 is 0 Å². The van der Waals surface area contributed by atoms with Gasteiger partial charge in [0.05, 0.1) is 20.4 Å². The van der Waals surface area contributed by atoms with Crippen LogP contribution >= 0.6 is 22.7 Å². The van der Waals surface area contributed by atoms with Gasteiger partial charge in [-0.25, -0.2) is 0 Å². The van der Waals surface area contributed by atoms with E-state index in [9.17, 15) is 14.4 Å². The van der Waals surface area contributed by atoms with Crippen molar-refractivity contribution in [1.29, 1.82) is 0 Å². The fourth-order valence-corrected chi connectivity index (χ4v) is 6.77. The molecule has 7 N–H and O–H groups in total. The van der Waals surface area contributed by atoms with Gasteiger partial charge >= 0.3 is 0 Å². The Kier molecular flexibility index (Phi) is 20.7. The first kappa shape index (κ1) is 44.6. The van der Waals surface area contributed by atoms with E-state index in [2.05, 4.69) is 64.0 Å². The lowest BCUT2D eigenvalue weighted by Gasteiger charge is -2.16. The van der Waals surface area contributed by atoms with Gasteiger partial charge in [-0.2, -0.15) is 0 Å². The van der Waals surface area contributed by atoms with Crippen LogP contribution in [-0.2, 0) is 0 Å². The second-order valence-electron chi connectivity index (χ2n) is 11.7. The zero-order valence-corrected chi connectivity index (χ0v) is 34.2. The van der Waals surface area contributed by atoms with Crippen molar-refractivity contribution in [2.24, 2.45) is 5.73 Å². The zero-order valence-electron chi connectivity index (χ0n) is 32.5. The summed E-state index contributed by atoms with van der Waals surface area (Å²) in [5.41, 5.74) is 11.9. The van der Waals surface area contributed by atoms with E-state index in [1.54, 1.807) is 19.1 Å². The number of hydrogen-bond acceptors (Lipinski definition) is 9. The van der Waals surface area contributed by atoms with Crippen LogP contribution in [0.1, 0.15) is 87.5 Å². The van der Waals surface area contributed by atoms with Crippen LogP contribution in [0.3, 0.4) is 0 Å². The third-order valence-electron chi connectivity index (χ3n) is 7.86. The molecular weight excluding hydrogens is 701 g/mol. The number of anilines is 2. The molecule has 9 nitrogen and oxygen atoms in total. The standard InChI is InChI=1S/C19H23N3OS.C10H13N3OS.C9H10O.2C2H6/c1-13-6-3-4-7-15(13)14(2)20-9-5-10-21-18-12-17(23)19-16(22-18)8-11-24-19;11-3-1-4-12-9-6-8(14)10-7(13-9)2-5-15-10;1-7-5-3-4-6-9(7)8(2)10;2*1-2/h3-4,6-8,11-12,14,20H,5,9-10H2,1-2H3,(H2,21,22,23);2,5-6H,1,3-4,11H2,(H2,12,13,14);3-6H,1-2H3;2*1-2H3. The van der Waals surface area contributed by atoms with Crippen molar-refractivity contribution in [2.45, 2.75) is 74.3 Å². The molecule has 4 heterocycles. The molecule has 0 aliphatic heterocycles. The Morgan fingerprint density at radius 1 is 0.717 bits per heavy atom. The number of pyridine rings is 2. The van der Waals surface area contributed by atoms with E-state index in [4.69, 9.17) is 5.73 Å². The molecule has 0 fully saturated rings. The molecule has 0 amide bonds. The number of carbonyl (C=O) groups excluding carboxylic acids is 1. The van der Waals surface area contributed by atoms with Gasteiger partial charge in [0.25, 0.3) is 0 Å². The minimum absolute atomic E-state index is 0.0639. The Labute approximate surface area is 322 Å². The topological polar surface area (TPSA) is 145 Å². The molecule has 6 aromatic rings. The van der Waals surface area contributed by atoms with Gasteiger partial charge in [0, 0.05) is 36.8 Å². The predicted molar refractivity (Wildman–Crippen MR) is 232 cm³/mol. The van der Waals surface area contributed by atoms with Gasteiger partial charge in [-0.05, 0) is 93.2 Å². The highest BCUT2D eigenvalue weighted by Crippen LogP contribution is 2.18. The minimum atomic E-state index is 0.0639. The van der Waals surface area contributed by atoms with Crippen LogP contribution in [0, 0.1) is 13.8 Å². The predicted octanol–water partition coefficient (Wildman–Crippen LogP) is 9.65. The van der Waals surface area contributed by atoms with Crippen molar-refractivity contribution in [3.05, 3.63) is 126 Å². The Balaban J connectivity index is 0.000000286. The number of nitrogens with one attached hydrogen (secondary N) is 5. The second-order valence-corrected chi connectivity index (χ2v) is 13.5. The average molecular weight is 759 g/mol. The first-order valence-corrected chi connectivity index (χ1v) is 20.2. The number of aryl methyl sites for hydroxylation is 2. The van der Waals surface area contributed by atoms with Crippen molar-refractivity contribution in [3.8, 4) is 0 Å². The number of rotatable bonds is 12. The summed E-state index contributed by atoms with van der Waals surface area (Å²) >= 11 is 2.93. The number of benzene rings is 2. The molecule has 53 heavy (non-hydrogen) atoms. The minimum Gasteiger partial charge on any atom is -0.371 e. The molecule has 0 spiro atoms. The highest BCUT2D eigenvalue weighted by molar-refractivity contribution is 7.17. The van der Waals surface area contributed by atoms with Crippen LogP contribution in [-0.4, -0.2) is 41.9 Å². The Hall–Kier alpha value is -4.55. The van der Waals surface area contributed by atoms with E-state index >= 15 is 0 Å². The summed E-state index contributed by atoms with van der Waals surface area (Å²) in [7, 11) is 0. The molecule has 0 aliphatic rings. The van der Waals surface area contributed by atoms with Gasteiger partial charge < -0.3 is 31.7 Å². The van der Waals surface area contributed by atoms with Gasteiger partial charge in [-0.1, -0.05) is 76.2 Å². The summed E-state index contributed by atoms with van der Waals surface area (Å²) in [6.07, 6.45) is 1.88. The molecule has 0 aliphatic carbocycles. The normalized spacial score (nSPS) is 10.7. The summed E-state index contributed by atoms with van der Waals surface area (Å²) in [5.74, 6) is 1.69. The van der Waals surface area contributed by atoms with Gasteiger partial charge in [0.2, 0.25) is 10.9 Å². The molecule has 286 valence electrons. The van der Waals surface area contributed by atoms with Crippen LogP contribution < -0.4 is 32.5 Å². The number of carbonyl (C=O) groups is 1. The monoisotopic (exact) mass is 758 g/mol. The quantitative estimate of drug-likeness (QED) is 0.0539. The Morgan fingerprint density at radius 2 is 1.21 bits per heavy atom. The van der Waals surface area contributed by atoms with E-state index in [-0.39, 0.29) is 16.6 Å². The fraction of sp³-hybridized carbons (Fsp3) is 0.357. The lowest BCUT2D eigenvalue weighted by molar-refractivity contribution is 0.101. The molecule has 4 aromatic heterocycles. The van der Waals surface area contributed by atoms with E-state index in [0.717, 1.165) is 75.7 Å².